The molecule has 1 saturated heterocycles. The van der Waals surface area contributed by atoms with Crippen LogP contribution in [0.2, 0.25) is 0 Å². The van der Waals surface area contributed by atoms with E-state index in [-0.39, 0.29) is 48.1 Å². The Hall–Kier alpha value is -4.05. The Morgan fingerprint density at radius 2 is 1.79 bits per heavy atom. The fourth-order valence-electron chi connectivity index (χ4n) is 5.38. The maximum atomic E-state index is 13.2. The minimum absolute atomic E-state index is 0.0351. The van der Waals surface area contributed by atoms with E-state index in [1.807, 2.05) is 12.1 Å². The van der Waals surface area contributed by atoms with Crippen LogP contribution in [0.25, 0.3) is 0 Å². The first-order valence-corrected chi connectivity index (χ1v) is 18.2. The molecule has 2 atom stereocenters. The quantitative estimate of drug-likeness (QED) is 0.0457. The van der Waals surface area contributed by atoms with E-state index in [4.69, 9.17) is 15.3 Å². The van der Waals surface area contributed by atoms with E-state index in [1.165, 1.54) is 55.2 Å². The molecule has 2 aliphatic rings. The van der Waals surface area contributed by atoms with Crippen LogP contribution < -0.4 is 15.6 Å². The zero-order valence-corrected chi connectivity index (χ0v) is 29.0. The fourth-order valence-corrected chi connectivity index (χ4v) is 7.15. The van der Waals surface area contributed by atoms with Gasteiger partial charge in [0.2, 0.25) is 11.5 Å². The van der Waals surface area contributed by atoms with E-state index in [9.17, 15) is 24.3 Å². The molecule has 0 saturated carbocycles. The zero-order chi connectivity index (χ0) is 34.5. The highest BCUT2D eigenvalue weighted by Gasteiger charge is 2.55. The SMILES string of the molecule is CCCCCCCCCCCC(=O)OCc1cc[n+](CC2=C(C(=O)O)N3C(=O)C(NC(=O)C(=NOCC)c4nsc(N)n4)[C@@H]3SC2)cc1. The number of aliphatic carboxylic acids is 1. The molecule has 2 aliphatic heterocycles. The monoisotopic (exact) mass is 702 g/mol. The number of pyridine rings is 1. The molecular formula is C32H44N7O7S2+. The summed E-state index contributed by atoms with van der Waals surface area (Å²) < 4.78 is 11.2. The molecule has 2 aromatic heterocycles. The lowest BCUT2D eigenvalue weighted by atomic mass is 10.0. The first-order valence-electron chi connectivity index (χ1n) is 16.4. The van der Waals surface area contributed by atoms with Crippen LogP contribution in [-0.4, -0.2) is 72.6 Å². The molecule has 1 unspecified atom stereocenters. The third-order valence-corrected chi connectivity index (χ3v) is 9.79. The van der Waals surface area contributed by atoms with Crippen molar-refractivity contribution in [3.63, 3.8) is 0 Å². The molecule has 0 radical (unpaired) electrons. The van der Waals surface area contributed by atoms with Gasteiger partial charge >= 0.3 is 11.9 Å². The number of carbonyl (C=O) groups excluding carboxylic acids is 3. The van der Waals surface area contributed by atoms with Gasteiger partial charge in [-0.25, -0.2) is 9.36 Å². The molecule has 48 heavy (non-hydrogen) atoms. The maximum Gasteiger partial charge on any atom is 0.352 e. The smallest absolute Gasteiger partial charge is 0.352 e. The van der Waals surface area contributed by atoms with Crippen molar-refractivity contribution < 1.29 is 38.4 Å². The number of aromatic nitrogens is 3. The summed E-state index contributed by atoms with van der Waals surface area (Å²) in [5, 5.41) is 16.0. The predicted molar refractivity (Wildman–Crippen MR) is 180 cm³/mol. The van der Waals surface area contributed by atoms with Gasteiger partial charge in [0.25, 0.3) is 11.8 Å². The van der Waals surface area contributed by atoms with Crippen LogP contribution in [-0.2, 0) is 41.9 Å². The molecule has 1 fully saturated rings. The topological polar surface area (TPSA) is 190 Å². The summed E-state index contributed by atoms with van der Waals surface area (Å²) in [5.41, 5.74) is 6.67. The highest BCUT2D eigenvalue weighted by atomic mass is 32.2. The molecule has 260 valence electrons. The summed E-state index contributed by atoms with van der Waals surface area (Å²) in [7, 11) is 0. The predicted octanol–water partition coefficient (Wildman–Crippen LogP) is 3.55. The number of fused-ring (bicyclic) bond motifs is 1. The van der Waals surface area contributed by atoms with Crippen LogP contribution in [0.3, 0.4) is 0 Å². The lowest BCUT2D eigenvalue weighted by Crippen LogP contribution is -2.71. The molecule has 2 aromatic rings. The Kier molecular flexibility index (Phi) is 14.2. The van der Waals surface area contributed by atoms with E-state index >= 15 is 0 Å². The molecular weight excluding hydrogens is 659 g/mol. The minimum atomic E-state index is -1.23. The van der Waals surface area contributed by atoms with E-state index in [2.05, 4.69) is 26.8 Å². The second kappa shape index (κ2) is 18.5. The fraction of sp³-hybridized carbons (Fsp3) is 0.562. The van der Waals surface area contributed by atoms with Crippen LogP contribution >= 0.6 is 23.3 Å². The number of unbranched alkanes of at least 4 members (excludes halogenated alkanes) is 8. The number of carboxylic acids is 1. The molecule has 16 heteroatoms. The highest BCUT2D eigenvalue weighted by molar-refractivity contribution is 8.00. The van der Waals surface area contributed by atoms with Gasteiger partial charge in [-0.1, -0.05) is 63.4 Å². The number of β-lactam (4-membered cyclic amide) rings is 1. The number of hydrogen-bond donors (Lipinski definition) is 3. The number of esters is 1. The first-order chi connectivity index (χ1) is 23.2. The number of amides is 2. The Morgan fingerprint density at radius 1 is 1.10 bits per heavy atom. The molecule has 0 spiro atoms. The normalized spacial score (nSPS) is 17.5. The lowest BCUT2D eigenvalue weighted by Gasteiger charge is -2.49. The van der Waals surface area contributed by atoms with Gasteiger partial charge in [0.05, 0.1) is 0 Å². The van der Waals surface area contributed by atoms with Crippen molar-refractivity contribution in [2.45, 2.75) is 103 Å². The molecule has 14 nitrogen and oxygen atoms in total. The number of nitrogens with two attached hydrogens (primary N) is 1. The third kappa shape index (κ3) is 9.98. The summed E-state index contributed by atoms with van der Waals surface area (Å²) in [6.07, 6.45) is 14.6. The second-order valence-corrected chi connectivity index (χ2v) is 13.4. The van der Waals surface area contributed by atoms with Gasteiger partial charge in [-0.05, 0) is 13.3 Å². The number of oxime groups is 1. The van der Waals surface area contributed by atoms with Gasteiger partial charge in [0.15, 0.2) is 24.1 Å². The minimum Gasteiger partial charge on any atom is -0.477 e. The number of anilines is 1. The van der Waals surface area contributed by atoms with Gasteiger partial charge in [0.1, 0.15) is 30.3 Å². The summed E-state index contributed by atoms with van der Waals surface area (Å²) in [5.74, 6) is -2.44. The van der Waals surface area contributed by atoms with Crippen LogP contribution in [0.1, 0.15) is 89.4 Å². The van der Waals surface area contributed by atoms with Gasteiger partial charge < -0.3 is 25.7 Å². The molecule has 0 aromatic carbocycles. The van der Waals surface area contributed by atoms with Crippen molar-refractivity contribution in [2.24, 2.45) is 5.16 Å². The van der Waals surface area contributed by atoms with Crippen molar-refractivity contribution >= 4 is 57.9 Å². The molecule has 4 N–H and O–H groups in total. The van der Waals surface area contributed by atoms with Gasteiger partial charge in [-0.15, -0.1) is 11.8 Å². The largest absolute Gasteiger partial charge is 0.477 e. The number of hydrogen-bond acceptors (Lipinski definition) is 12. The van der Waals surface area contributed by atoms with Crippen molar-refractivity contribution in [3.8, 4) is 0 Å². The summed E-state index contributed by atoms with van der Waals surface area (Å²) >= 11 is 2.24. The summed E-state index contributed by atoms with van der Waals surface area (Å²) in [6.45, 7) is 4.50. The second-order valence-electron chi connectivity index (χ2n) is 11.5. The Labute approximate surface area is 288 Å². The van der Waals surface area contributed by atoms with Crippen LogP contribution in [0.4, 0.5) is 5.13 Å². The van der Waals surface area contributed by atoms with E-state index in [1.54, 1.807) is 23.9 Å². The Bertz CT molecular complexity index is 1500. The van der Waals surface area contributed by atoms with Crippen LogP contribution in [0, 0.1) is 0 Å². The van der Waals surface area contributed by atoms with Crippen molar-refractivity contribution in [3.05, 3.63) is 47.2 Å². The standard InChI is InChI=1S/C32H43N7O7S2/c1-3-5-6-7-8-9-10-11-12-13-23(40)45-19-21-14-16-38(17-15-21)18-22-20-47-30-25(29(42)39(30)26(22)31(43)44)34-28(41)24(36-46-4-2)27-35-32(33)48-37-27/h14-17,25,30H,3-13,18-20H2,1-2H3,(H3-,33,34,35,37,41,43,44)/p+1/t25?,30-/m0/s1. The average molecular weight is 703 g/mol. The molecule has 4 rings (SSSR count). The summed E-state index contributed by atoms with van der Waals surface area (Å²) in [6, 6.07) is 2.66. The number of nitrogens with zero attached hydrogens (tertiary/aromatic N) is 5. The summed E-state index contributed by atoms with van der Waals surface area (Å²) in [4.78, 5) is 61.0. The first kappa shape index (κ1) is 36.8. The average Bonchev–Trinajstić information content (AvgIpc) is 3.51. The third-order valence-electron chi connectivity index (χ3n) is 7.91. The van der Waals surface area contributed by atoms with E-state index in [0.717, 1.165) is 36.4 Å². The zero-order valence-electron chi connectivity index (χ0n) is 27.4. The number of carbonyl (C=O) groups is 4. The number of thioether (sulfide) groups is 1. The molecule has 0 aliphatic carbocycles. The van der Waals surface area contributed by atoms with Crippen molar-refractivity contribution in [1.82, 2.24) is 19.6 Å². The van der Waals surface area contributed by atoms with E-state index < -0.39 is 29.2 Å². The lowest BCUT2D eigenvalue weighted by molar-refractivity contribution is -0.689. The number of ether oxygens (including phenoxy) is 1. The molecule has 0 bridgehead atoms. The Balaban J connectivity index is 1.27. The van der Waals surface area contributed by atoms with Crippen LogP contribution in [0.5, 0.6) is 0 Å². The van der Waals surface area contributed by atoms with Crippen molar-refractivity contribution in [2.75, 3.05) is 18.1 Å². The number of rotatable bonds is 20. The van der Waals surface area contributed by atoms with E-state index in [0.29, 0.717) is 17.7 Å². The Morgan fingerprint density at radius 3 is 2.42 bits per heavy atom. The molecule has 2 amide bonds. The molecule has 4 heterocycles. The van der Waals surface area contributed by atoms with Gasteiger partial charge in [-0.3, -0.25) is 19.3 Å². The number of nitrogens with one attached hydrogen (secondary N) is 1. The number of nitrogen functional groups attached to an aromatic ring is 1. The van der Waals surface area contributed by atoms with Crippen LogP contribution in [0.15, 0.2) is 41.0 Å². The maximum absolute atomic E-state index is 13.2. The van der Waals surface area contributed by atoms with Gasteiger partial charge in [0, 0.05) is 47.0 Å². The van der Waals surface area contributed by atoms with Crippen molar-refractivity contribution in [1.29, 1.82) is 0 Å². The highest BCUT2D eigenvalue weighted by Crippen LogP contribution is 2.40. The number of carboxylic acid groups (broad SMARTS) is 1. The van der Waals surface area contributed by atoms with Gasteiger partial charge in [-0.2, -0.15) is 9.36 Å².